The maximum absolute atomic E-state index is 11.4. The lowest BCUT2D eigenvalue weighted by Gasteiger charge is -2.09. The second-order valence-corrected chi connectivity index (χ2v) is 2.99. The van der Waals surface area contributed by atoms with E-state index in [0.29, 0.717) is 6.42 Å². The molecular weight excluding hydrogens is 186 g/mol. The maximum Gasteiger partial charge on any atom is 0.347 e. The van der Waals surface area contributed by atoms with Crippen molar-refractivity contribution < 1.29 is 9.53 Å². The van der Waals surface area contributed by atoms with Gasteiger partial charge in [-0.25, -0.2) is 4.79 Å². The van der Waals surface area contributed by atoms with Crippen LogP contribution in [0.1, 0.15) is 30.6 Å². The number of H-pyrrole nitrogens is 2. The highest BCUT2D eigenvalue weighted by Gasteiger charge is 2.19. The molecule has 1 heterocycles. The maximum atomic E-state index is 11.4. The van der Waals surface area contributed by atoms with E-state index in [1.165, 1.54) is 0 Å². The summed E-state index contributed by atoms with van der Waals surface area (Å²) in [5.41, 5.74) is 4.65. The molecule has 1 atom stereocenters. The Morgan fingerprint density at radius 3 is 2.64 bits per heavy atom. The van der Waals surface area contributed by atoms with Crippen molar-refractivity contribution >= 4 is 11.8 Å². The third-order valence-corrected chi connectivity index (χ3v) is 1.89. The smallest absolute Gasteiger partial charge is 0.347 e. The van der Waals surface area contributed by atoms with Crippen LogP contribution in [0.25, 0.3) is 0 Å². The summed E-state index contributed by atoms with van der Waals surface area (Å²) >= 11 is 0. The second-order valence-electron chi connectivity index (χ2n) is 2.99. The van der Waals surface area contributed by atoms with Crippen LogP contribution in [0.15, 0.2) is 4.79 Å². The Morgan fingerprint density at radius 2 is 2.21 bits per heavy atom. The average molecular weight is 199 g/mol. The molecule has 0 bridgehead atoms. The molecule has 0 aliphatic heterocycles. The van der Waals surface area contributed by atoms with Crippen LogP contribution in [-0.2, 0) is 4.74 Å². The fraction of sp³-hybridized carbons (Fsp3) is 0.500. The molecule has 0 aromatic carbocycles. The van der Waals surface area contributed by atoms with Gasteiger partial charge in [-0.15, -0.1) is 0 Å². The van der Waals surface area contributed by atoms with E-state index in [2.05, 4.69) is 10.2 Å². The number of rotatable bonds is 3. The average Bonchev–Trinajstić information content (AvgIpc) is 2.46. The molecule has 4 N–H and O–H groups in total. The molecular formula is C8H13N3O3. The number of hydrogen-bond donors (Lipinski definition) is 3. The summed E-state index contributed by atoms with van der Waals surface area (Å²) < 4.78 is 4.95. The molecule has 6 nitrogen and oxygen atoms in total. The Bertz CT molecular complexity index is 379. The van der Waals surface area contributed by atoms with Crippen LogP contribution in [0.2, 0.25) is 0 Å². The molecule has 0 saturated carbocycles. The predicted molar refractivity (Wildman–Crippen MR) is 51.0 cm³/mol. The molecule has 1 unspecified atom stereocenters. The molecule has 1 aromatic heterocycles. The Labute approximate surface area is 80.4 Å². The summed E-state index contributed by atoms with van der Waals surface area (Å²) in [7, 11) is 0. The molecule has 0 amide bonds. The second kappa shape index (κ2) is 3.99. The number of nitrogens with one attached hydrogen (secondary N) is 2. The number of ether oxygens (including phenoxy) is 1. The molecule has 0 spiro atoms. The van der Waals surface area contributed by atoms with Crippen LogP contribution in [0.5, 0.6) is 0 Å². The zero-order chi connectivity index (χ0) is 10.7. The third-order valence-electron chi connectivity index (χ3n) is 1.89. The van der Waals surface area contributed by atoms with Crippen molar-refractivity contribution in [3.63, 3.8) is 0 Å². The monoisotopic (exact) mass is 199 g/mol. The number of carbonyl (C=O) groups excluding carboxylic acids is 1. The molecule has 0 fully saturated rings. The number of esters is 1. The van der Waals surface area contributed by atoms with Gasteiger partial charge in [-0.1, -0.05) is 6.92 Å². The Hall–Kier alpha value is -1.72. The van der Waals surface area contributed by atoms with E-state index in [9.17, 15) is 9.59 Å². The number of aromatic amines is 2. The fourth-order valence-corrected chi connectivity index (χ4v) is 0.899. The van der Waals surface area contributed by atoms with Gasteiger partial charge in [0.1, 0.15) is 5.82 Å². The van der Waals surface area contributed by atoms with Crippen molar-refractivity contribution in [3.8, 4) is 0 Å². The van der Waals surface area contributed by atoms with Gasteiger partial charge >= 0.3 is 5.97 Å². The minimum absolute atomic E-state index is 0.00306. The topological polar surface area (TPSA) is 101 Å². The van der Waals surface area contributed by atoms with Crippen LogP contribution in [0.3, 0.4) is 0 Å². The molecule has 6 heteroatoms. The number of nitrogen functional groups attached to an aromatic ring is 1. The number of aromatic nitrogens is 2. The van der Waals surface area contributed by atoms with Crippen molar-refractivity contribution in [1.29, 1.82) is 0 Å². The summed E-state index contributed by atoms with van der Waals surface area (Å²) in [6, 6.07) is 0. The lowest BCUT2D eigenvalue weighted by atomic mass is 10.3. The standard InChI is InChI=1S/C8H13N3O3/c1-3-4(2)14-8(13)5-6(9)10-11-7(5)12/h4H,3H2,1-2H3,(H4,9,10,11,12). The summed E-state index contributed by atoms with van der Waals surface area (Å²) in [4.78, 5) is 22.5. The highest BCUT2D eigenvalue weighted by molar-refractivity contribution is 5.93. The summed E-state index contributed by atoms with van der Waals surface area (Å²) in [6.07, 6.45) is 0.463. The van der Waals surface area contributed by atoms with E-state index >= 15 is 0 Å². The largest absolute Gasteiger partial charge is 0.459 e. The van der Waals surface area contributed by atoms with Gasteiger partial charge in [0.15, 0.2) is 5.56 Å². The van der Waals surface area contributed by atoms with Crippen LogP contribution >= 0.6 is 0 Å². The van der Waals surface area contributed by atoms with E-state index < -0.39 is 11.5 Å². The van der Waals surface area contributed by atoms with Gasteiger partial charge in [-0.05, 0) is 13.3 Å². The van der Waals surface area contributed by atoms with Crippen molar-refractivity contribution in [2.24, 2.45) is 0 Å². The normalized spacial score (nSPS) is 12.4. The van der Waals surface area contributed by atoms with Gasteiger partial charge in [0, 0.05) is 0 Å². The van der Waals surface area contributed by atoms with Crippen molar-refractivity contribution in [1.82, 2.24) is 10.2 Å². The van der Waals surface area contributed by atoms with Gasteiger partial charge in [0.05, 0.1) is 6.10 Å². The quantitative estimate of drug-likeness (QED) is 0.607. The van der Waals surface area contributed by atoms with E-state index in [1.807, 2.05) is 6.92 Å². The SMILES string of the molecule is CCC(C)OC(=O)c1c(N)[nH][nH]c1=O. The first-order chi connectivity index (χ1) is 6.56. The Kier molecular flexibility index (Phi) is 2.95. The summed E-state index contributed by atoms with van der Waals surface area (Å²) in [5.74, 6) is -0.692. The molecule has 0 radical (unpaired) electrons. The van der Waals surface area contributed by atoms with Crippen LogP contribution < -0.4 is 11.3 Å². The van der Waals surface area contributed by atoms with Crippen molar-refractivity contribution in [2.45, 2.75) is 26.4 Å². The summed E-state index contributed by atoms with van der Waals surface area (Å²) in [5, 5.41) is 4.55. The van der Waals surface area contributed by atoms with E-state index in [-0.39, 0.29) is 17.5 Å². The van der Waals surface area contributed by atoms with E-state index in [0.717, 1.165) is 0 Å². The molecule has 1 aromatic rings. The van der Waals surface area contributed by atoms with Gasteiger partial charge < -0.3 is 10.5 Å². The minimum atomic E-state index is -0.695. The van der Waals surface area contributed by atoms with Crippen molar-refractivity contribution in [2.75, 3.05) is 5.73 Å². The van der Waals surface area contributed by atoms with Crippen molar-refractivity contribution in [3.05, 3.63) is 15.9 Å². The first-order valence-electron chi connectivity index (χ1n) is 4.33. The third kappa shape index (κ3) is 1.95. The van der Waals surface area contributed by atoms with Crippen LogP contribution in [0, 0.1) is 0 Å². The first kappa shape index (κ1) is 10.4. The molecule has 78 valence electrons. The summed E-state index contributed by atoms with van der Waals surface area (Å²) in [6.45, 7) is 3.62. The number of nitrogens with two attached hydrogens (primary N) is 1. The van der Waals surface area contributed by atoms with Crippen LogP contribution in [-0.4, -0.2) is 22.3 Å². The zero-order valence-electron chi connectivity index (χ0n) is 8.09. The van der Waals surface area contributed by atoms with Gasteiger partial charge in [-0.2, -0.15) is 0 Å². The zero-order valence-corrected chi connectivity index (χ0v) is 8.09. The highest BCUT2D eigenvalue weighted by Crippen LogP contribution is 2.06. The van der Waals surface area contributed by atoms with E-state index in [4.69, 9.17) is 10.5 Å². The molecule has 0 saturated heterocycles. The van der Waals surface area contributed by atoms with Gasteiger partial charge in [0.2, 0.25) is 0 Å². The number of hydrogen-bond acceptors (Lipinski definition) is 4. The molecule has 0 aliphatic carbocycles. The van der Waals surface area contributed by atoms with Gasteiger partial charge in [-0.3, -0.25) is 15.0 Å². The van der Waals surface area contributed by atoms with Gasteiger partial charge in [0.25, 0.3) is 5.56 Å². The highest BCUT2D eigenvalue weighted by atomic mass is 16.5. The lowest BCUT2D eigenvalue weighted by molar-refractivity contribution is 0.0334. The van der Waals surface area contributed by atoms with E-state index in [1.54, 1.807) is 6.92 Å². The lowest BCUT2D eigenvalue weighted by Crippen LogP contribution is -2.20. The Morgan fingerprint density at radius 1 is 1.57 bits per heavy atom. The minimum Gasteiger partial charge on any atom is -0.459 e. The molecule has 1 rings (SSSR count). The Balaban J connectivity index is 2.85. The van der Waals surface area contributed by atoms with Crippen LogP contribution in [0.4, 0.5) is 5.82 Å². The first-order valence-corrected chi connectivity index (χ1v) is 4.33. The predicted octanol–water partition coefficient (Wildman–Crippen LogP) is 0.240. The molecule has 14 heavy (non-hydrogen) atoms. The fourth-order valence-electron chi connectivity index (χ4n) is 0.899. The number of carbonyl (C=O) groups is 1. The number of anilines is 1. The molecule has 0 aliphatic rings.